The molecule has 0 bridgehead atoms. The number of aliphatic hydroxyl groups is 2. The molecule has 1 heterocycles. The zero-order valence-corrected chi connectivity index (χ0v) is 64.4. The Morgan fingerprint density at radius 3 is 0.877 bits per heavy atom. The van der Waals surface area contributed by atoms with Crippen molar-refractivity contribution in [1.82, 2.24) is 0 Å². The molecule has 1 saturated carbocycles. The van der Waals surface area contributed by atoms with Gasteiger partial charge in [-0.3, -0.25) is 0 Å². The zero-order valence-electron chi connectivity index (χ0n) is 45.4. The molecule has 0 amide bonds. The maximum absolute atomic E-state index is 10.7. The van der Waals surface area contributed by atoms with Crippen LogP contribution < -0.4 is 28.4 Å². The van der Waals surface area contributed by atoms with Gasteiger partial charge in [0.1, 0.15) is 85.8 Å². The fourth-order valence-corrected chi connectivity index (χ4v) is 16.9. The maximum Gasteiger partial charge on any atom is 0.147 e. The standard InChI is InChI=1S/C31H32Br6O5.C29H28Br6O4/c1-30(2,3)16-6-21(32)27(22(33)7-16)40-12-19(38)13-41-28-23(34)8-17(9-24(28)35)31(4,5)18-10-25(36)29(26(37)11-18)42-15-20-14-39-20;1-15-6-20(30)26(21(31)7-15)38-13-19(36)14-39-28-24(34)10-18(11-25(28)35)29(2,3)17-8-22(32)27(23(33)9-17)37-12-16-4-5-16/h6-11,19-20,38H,12-15H2,1-5H3;6-11,16,19,36H,4-5,12-14H2,1-3H3. The molecule has 0 radical (unpaired) electrons. The van der Waals surface area contributed by atoms with Gasteiger partial charge in [-0.15, -0.1) is 0 Å². The van der Waals surface area contributed by atoms with Gasteiger partial charge in [-0.1, -0.05) is 48.5 Å². The van der Waals surface area contributed by atoms with Gasteiger partial charge in [0.05, 0.1) is 66.9 Å². The number of hydrogen-bond acceptors (Lipinski definition) is 9. The third-order valence-electron chi connectivity index (χ3n) is 13.5. The number of benzene rings is 6. The molecule has 2 fully saturated rings. The Morgan fingerprint density at radius 1 is 0.395 bits per heavy atom. The highest BCUT2D eigenvalue weighted by Gasteiger charge is 2.31. The van der Waals surface area contributed by atoms with Crippen molar-refractivity contribution in [3.63, 3.8) is 0 Å². The van der Waals surface area contributed by atoms with E-state index in [9.17, 15) is 10.2 Å². The summed E-state index contributed by atoms with van der Waals surface area (Å²) in [6.45, 7) is 19.5. The van der Waals surface area contributed by atoms with Crippen LogP contribution >= 0.6 is 191 Å². The molecule has 0 aromatic heterocycles. The van der Waals surface area contributed by atoms with E-state index in [2.05, 4.69) is 276 Å². The summed E-state index contributed by atoms with van der Waals surface area (Å²) in [7, 11) is 0. The van der Waals surface area contributed by atoms with Crippen LogP contribution in [0.25, 0.3) is 0 Å². The van der Waals surface area contributed by atoms with Crippen LogP contribution in [0.2, 0.25) is 0 Å². The highest BCUT2D eigenvalue weighted by atomic mass is 79.9. The summed E-state index contributed by atoms with van der Waals surface area (Å²) < 4.78 is 51.1. The van der Waals surface area contributed by atoms with Gasteiger partial charge in [-0.25, -0.2) is 0 Å². The van der Waals surface area contributed by atoms with Crippen LogP contribution in [0.4, 0.5) is 0 Å². The van der Waals surface area contributed by atoms with E-state index < -0.39 is 12.2 Å². The van der Waals surface area contributed by atoms with E-state index in [1.807, 2.05) is 43.3 Å². The largest absolute Gasteiger partial charge is 0.491 e. The third kappa shape index (κ3) is 18.4. The summed E-state index contributed by atoms with van der Waals surface area (Å²) in [5, 5.41) is 21.2. The molecule has 21 heteroatoms. The summed E-state index contributed by atoms with van der Waals surface area (Å²) in [5.41, 5.74) is 6.02. The van der Waals surface area contributed by atoms with Crippen molar-refractivity contribution in [3.8, 4) is 34.5 Å². The first-order valence-corrected chi connectivity index (χ1v) is 35.1. The van der Waals surface area contributed by atoms with Gasteiger partial charge in [0.25, 0.3) is 0 Å². The van der Waals surface area contributed by atoms with Crippen molar-refractivity contribution in [2.75, 3.05) is 46.2 Å². The SMILES string of the molecule is CC(C)(C)c1cc(Br)c(OCC(O)COc2c(Br)cc(C(C)(C)c3cc(Br)c(OCC4CO4)c(Br)c3)cc2Br)c(Br)c1.Cc1cc(Br)c(OCC(O)COc2c(Br)cc(C(C)(C)c3cc(Br)c(OCC4CC4)c(Br)c3)cc2Br)c(Br)c1. The quantitative estimate of drug-likeness (QED) is 0.0643. The molecule has 3 unspecified atom stereocenters. The molecule has 6 aromatic rings. The average Bonchev–Trinajstić information content (AvgIpc) is 4.32. The van der Waals surface area contributed by atoms with Gasteiger partial charge in [0, 0.05) is 10.8 Å². The fourth-order valence-electron chi connectivity index (χ4n) is 8.16. The van der Waals surface area contributed by atoms with E-state index in [4.69, 9.17) is 33.2 Å². The van der Waals surface area contributed by atoms with Gasteiger partial charge in [0.15, 0.2) is 0 Å². The summed E-state index contributed by atoms with van der Waals surface area (Å²) in [4.78, 5) is 0. The number of aryl methyl sites for hydroxylation is 1. The number of aliphatic hydroxyl groups excluding tert-OH is 2. The van der Waals surface area contributed by atoms with Gasteiger partial charge < -0.3 is 43.4 Å². The predicted octanol–water partition coefficient (Wildman–Crippen LogP) is 21.0. The first-order chi connectivity index (χ1) is 37.9. The van der Waals surface area contributed by atoms with Crippen molar-refractivity contribution in [1.29, 1.82) is 0 Å². The first kappa shape index (κ1) is 68.3. The van der Waals surface area contributed by atoms with E-state index in [0.717, 1.165) is 106 Å². The Hall–Kier alpha value is -0.240. The Labute approximate surface area is 576 Å². The van der Waals surface area contributed by atoms with E-state index in [1.165, 1.54) is 18.4 Å². The smallest absolute Gasteiger partial charge is 0.147 e. The van der Waals surface area contributed by atoms with Gasteiger partial charge >= 0.3 is 0 Å². The summed E-state index contributed by atoms with van der Waals surface area (Å²) in [6, 6.07) is 24.7. The molecule has 8 rings (SSSR count). The fraction of sp³-hybridized carbons (Fsp3) is 0.400. The summed E-state index contributed by atoms with van der Waals surface area (Å²) in [6.07, 6.45) is 1.01. The Bertz CT molecular complexity index is 3090. The summed E-state index contributed by atoms with van der Waals surface area (Å²) >= 11 is 43.7. The molecule has 438 valence electrons. The molecular weight excluding hydrogens is 1820 g/mol. The van der Waals surface area contributed by atoms with E-state index in [1.54, 1.807) is 0 Å². The Morgan fingerprint density at radius 2 is 0.630 bits per heavy atom. The number of rotatable bonds is 22. The number of halogens is 12. The maximum atomic E-state index is 10.7. The lowest BCUT2D eigenvalue weighted by molar-refractivity contribution is 0.0615. The van der Waals surface area contributed by atoms with Crippen molar-refractivity contribution in [2.45, 2.75) is 103 Å². The van der Waals surface area contributed by atoms with Crippen molar-refractivity contribution in [3.05, 3.63) is 160 Å². The Balaban J connectivity index is 0.000000234. The normalized spacial score (nSPS) is 15.1. The molecule has 0 spiro atoms. The number of ether oxygens (including phenoxy) is 7. The molecule has 1 aliphatic carbocycles. The minimum atomic E-state index is -0.845. The van der Waals surface area contributed by atoms with E-state index in [0.29, 0.717) is 35.5 Å². The second kappa shape index (κ2) is 29.4. The van der Waals surface area contributed by atoms with Crippen molar-refractivity contribution < 1.29 is 43.4 Å². The van der Waals surface area contributed by atoms with Crippen LogP contribution in [0, 0.1) is 12.8 Å². The van der Waals surface area contributed by atoms with Crippen LogP contribution in [0.3, 0.4) is 0 Å². The highest BCUT2D eigenvalue weighted by molar-refractivity contribution is 9.12. The predicted molar refractivity (Wildman–Crippen MR) is 366 cm³/mol. The molecule has 1 aliphatic heterocycles. The average molecular weight is 1880 g/mol. The molecule has 2 N–H and O–H groups in total. The second-order valence-electron chi connectivity index (χ2n) is 22.0. The summed E-state index contributed by atoms with van der Waals surface area (Å²) in [5.74, 6) is 4.82. The molecule has 81 heavy (non-hydrogen) atoms. The molecule has 1 saturated heterocycles. The molecule has 3 atom stereocenters. The van der Waals surface area contributed by atoms with E-state index >= 15 is 0 Å². The topological polar surface area (TPSA) is 108 Å². The van der Waals surface area contributed by atoms with Crippen LogP contribution in [-0.4, -0.2) is 74.8 Å². The lowest BCUT2D eigenvalue weighted by atomic mass is 9.78. The molecular formula is C60H60Br12O9. The number of epoxide rings is 1. The van der Waals surface area contributed by atoms with E-state index in [-0.39, 0.29) is 48.8 Å². The third-order valence-corrected chi connectivity index (χ3v) is 20.6. The molecule has 6 aromatic carbocycles. The van der Waals surface area contributed by atoms with Crippen LogP contribution in [-0.2, 0) is 21.0 Å². The van der Waals surface area contributed by atoms with Crippen LogP contribution in [0.1, 0.15) is 94.7 Å². The lowest BCUT2D eigenvalue weighted by Gasteiger charge is -2.28. The number of hydrogen-bond donors (Lipinski definition) is 2. The van der Waals surface area contributed by atoms with Gasteiger partial charge in [0.2, 0.25) is 0 Å². The monoisotopic (exact) mass is 1870 g/mol. The van der Waals surface area contributed by atoms with Gasteiger partial charge in [-0.05, 0) is 328 Å². The minimum Gasteiger partial charge on any atom is -0.491 e. The van der Waals surface area contributed by atoms with Crippen molar-refractivity contribution >= 4 is 191 Å². The van der Waals surface area contributed by atoms with Crippen molar-refractivity contribution in [2.24, 2.45) is 5.92 Å². The second-order valence-corrected chi connectivity index (χ2v) is 32.2. The van der Waals surface area contributed by atoms with Crippen LogP contribution in [0.5, 0.6) is 34.5 Å². The van der Waals surface area contributed by atoms with Crippen LogP contribution in [0.15, 0.2) is 126 Å². The minimum absolute atomic E-state index is 0.000997. The first-order valence-electron chi connectivity index (χ1n) is 25.6. The Kier molecular flexibility index (Phi) is 24.8. The highest BCUT2D eigenvalue weighted by Crippen LogP contribution is 2.47. The lowest BCUT2D eigenvalue weighted by Crippen LogP contribution is -2.25. The zero-order chi connectivity index (χ0) is 59.5. The molecule has 9 nitrogen and oxygen atoms in total. The van der Waals surface area contributed by atoms with Gasteiger partial charge in [-0.2, -0.15) is 0 Å². The molecule has 2 aliphatic rings.